The Morgan fingerprint density at radius 1 is 1.02 bits per heavy atom. The lowest BCUT2D eigenvalue weighted by Crippen LogP contribution is -2.53. The van der Waals surface area contributed by atoms with Crippen LogP contribution in [0, 0.1) is 5.82 Å². The van der Waals surface area contributed by atoms with Gasteiger partial charge in [0.05, 0.1) is 17.3 Å². The predicted molar refractivity (Wildman–Crippen MR) is 156 cm³/mol. The number of hydrogen-bond acceptors (Lipinski definition) is 7. The van der Waals surface area contributed by atoms with E-state index in [4.69, 9.17) is 4.74 Å². The maximum absolute atomic E-state index is 15.8. The molecule has 1 saturated heterocycles. The van der Waals surface area contributed by atoms with Crippen LogP contribution in [0.3, 0.4) is 0 Å². The fourth-order valence-electron chi connectivity index (χ4n) is 5.27. The normalized spacial score (nSPS) is 15.6. The largest absolute Gasteiger partial charge is 0.444 e. The minimum absolute atomic E-state index is 0.125. The van der Waals surface area contributed by atoms with Gasteiger partial charge >= 0.3 is 6.09 Å². The molecule has 0 saturated carbocycles. The van der Waals surface area contributed by atoms with Crippen LogP contribution in [0.2, 0.25) is 0 Å². The van der Waals surface area contributed by atoms with Gasteiger partial charge in [-0.3, -0.25) is 9.69 Å². The number of hydrogen-bond donors (Lipinski definition) is 0. The van der Waals surface area contributed by atoms with Gasteiger partial charge in [-0.25, -0.2) is 19.2 Å². The summed E-state index contributed by atoms with van der Waals surface area (Å²) >= 11 is 0. The monoisotopic (exact) mass is 567 g/mol. The van der Waals surface area contributed by atoms with Crippen molar-refractivity contribution in [2.45, 2.75) is 45.3 Å². The summed E-state index contributed by atoms with van der Waals surface area (Å²) < 4.78 is 22.8. The maximum atomic E-state index is 15.8. The number of benzene rings is 2. The van der Waals surface area contributed by atoms with Crippen molar-refractivity contribution in [3.63, 3.8) is 0 Å². The molecule has 42 heavy (non-hydrogen) atoms. The highest BCUT2D eigenvalue weighted by molar-refractivity contribution is 6.10. The summed E-state index contributed by atoms with van der Waals surface area (Å²) in [5.74, 6) is -0.869. The van der Waals surface area contributed by atoms with Crippen molar-refractivity contribution < 1.29 is 18.7 Å². The van der Waals surface area contributed by atoms with Gasteiger partial charge in [0.25, 0.3) is 5.91 Å². The first-order valence-corrected chi connectivity index (χ1v) is 13.8. The van der Waals surface area contributed by atoms with Crippen molar-refractivity contribution in [1.29, 1.82) is 0 Å². The minimum atomic E-state index is -0.720. The van der Waals surface area contributed by atoms with Crippen LogP contribution in [0.5, 0.6) is 0 Å². The molecule has 1 aliphatic heterocycles. The fourth-order valence-corrected chi connectivity index (χ4v) is 5.27. The lowest BCUT2D eigenvalue weighted by Gasteiger charge is -2.39. The lowest BCUT2D eigenvalue weighted by molar-refractivity contribution is 0.0196. The first kappa shape index (κ1) is 27.3. The number of nitrogens with zero attached hydrogens (tertiary/aromatic N) is 7. The van der Waals surface area contributed by atoms with E-state index in [0.29, 0.717) is 42.1 Å². The van der Waals surface area contributed by atoms with Crippen molar-refractivity contribution in [1.82, 2.24) is 29.9 Å². The van der Waals surface area contributed by atoms with Gasteiger partial charge in [-0.15, -0.1) is 5.10 Å². The predicted octanol–water partition coefficient (Wildman–Crippen LogP) is 5.55. The quantitative estimate of drug-likeness (QED) is 0.280. The molecule has 4 heterocycles. The molecule has 3 aromatic heterocycles. The molecule has 1 aliphatic rings. The lowest BCUT2D eigenvalue weighted by atomic mass is 10.0. The van der Waals surface area contributed by atoms with Crippen LogP contribution in [0.4, 0.5) is 15.0 Å². The molecule has 214 valence electrons. The molecule has 0 spiro atoms. The van der Waals surface area contributed by atoms with Crippen LogP contribution in [0.15, 0.2) is 73.1 Å². The van der Waals surface area contributed by atoms with Crippen LogP contribution in [-0.2, 0) is 4.74 Å². The van der Waals surface area contributed by atoms with E-state index in [0.717, 1.165) is 10.8 Å². The maximum Gasteiger partial charge on any atom is 0.410 e. The van der Waals surface area contributed by atoms with Crippen molar-refractivity contribution in [3.05, 3.63) is 84.4 Å². The Morgan fingerprint density at radius 3 is 2.67 bits per heavy atom. The second-order valence-electron chi connectivity index (χ2n) is 11.3. The van der Waals surface area contributed by atoms with Crippen molar-refractivity contribution in [2.24, 2.45) is 0 Å². The highest BCUT2D eigenvalue weighted by Gasteiger charge is 2.36. The zero-order chi connectivity index (χ0) is 29.4. The van der Waals surface area contributed by atoms with Gasteiger partial charge in [0, 0.05) is 36.9 Å². The molecule has 0 radical (unpaired) electrons. The standard InChI is InChI=1S/C31H30FN7O3/c1-31(2,3)42-30(41)37-17-7-9-22(19-37)38(27-23-10-5-4-8-20(23)14-16-34-27)29(40)24-13-12-21(18-25(24)32)39-28-26(35-36-39)11-6-15-33-28/h4-6,8,10-16,18,22H,7,9,17,19H2,1-3H3/t22-/m1/s1. The molecule has 1 fully saturated rings. The highest BCUT2D eigenvalue weighted by Crippen LogP contribution is 2.31. The van der Waals surface area contributed by atoms with E-state index >= 15 is 4.39 Å². The van der Waals surface area contributed by atoms with Crippen molar-refractivity contribution in [2.75, 3.05) is 18.0 Å². The molecule has 0 N–H and O–H groups in total. The van der Waals surface area contributed by atoms with Gasteiger partial charge in [-0.05, 0) is 69.3 Å². The van der Waals surface area contributed by atoms with Gasteiger partial charge < -0.3 is 9.64 Å². The number of pyridine rings is 2. The number of fused-ring (bicyclic) bond motifs is 2. The van der Waals surface area contributed by atoms with E-state index in [1.54, 1.807) is 35.5 Å². The van der Waals surface area contributed by atoms with E-state index in [-0.39, 0.29) is 12.1 Å². The van der Waals surface area contributed by atoms with E-state index in [1.165, 1.54) is 21.7 Å². The first-order chi connectivity index (χ1) is 20.2. The average Bonchev–Trinajstić information content (AvgIpc) is 3.41. The summed E-state index contributed by atoms with van der Waals surface area (Å²) in [6.45, 7) is 6.16. The summed E-state index contributed by atoms with van der Waals surface area (Å²) in [6.07, 6.45) is 4.04. The van der Waals surface area contributed by atoms with E-state index in [1.807, 2.05) is 51.1 Å². The Bertz CT molecular complexity index is 1790. The van der Waals surface area contributed by atoms with Crippen LogP contribution in [-0.4, -0.2) is 66.6 Å². The molecule has 2 amide bonds. The fraction of sp³-hybridized carbons (Fsp3) is 0.290. The third kappa shape index (κ3) is 5.25. The Balaban J connectivity index is 1.39. The van der Waals surface area contributed by atoms with Crippen molar-refractivity contribution >= 4 is 39.8 Å². The number of rotatable bonds is 4. The number of aromatic nitrogens is 5. The molecule has 2 aromatic carbocycles. The Morgan fingerprint density at radius 2 is 1.86 bits per heavy atom. The third-order valence-corrected chi connectivity index (χ3v) is 7.15. The summed E-state index contributed by atoms with van der Waals surface area (Å²) in [5, 5.41) is 9.83. The SMILES string of the molecule is CC(C)(C)OC(=O)N1CCC[C@@H](N(C(=O)c2ccc(-n3nnc4cccnc43)cc2F)c2nccc3ccccc23)C1. The second kappa shape index (κ2) is 10.8. The molecule has 10 nitrogen and oxygen atoms in total. The van der Waals surface area contributed by atoms with Gasteiger partial charge in [0.2, 0.25) is 0 Å². The summed E-state index contributed by atoms with van der Waals surface area (Å²) in [5.41, 5.74) is 0.640. The van der Waals surface area contributed by atoms with Crippen LogP contribution >= 0.6 is 0 Å². The van der Waals surface area contributed by atoms with E-state index < -0.39 is 29.5 Å². The molecule has 6 rings (SSSR count). The number of carbonyl (C=O) groups is 2. The van der Waals surface area contributed by atoms with Crippen LogP contribution in [0.1, 0.15) is 44.0 Å². The zero-order valence-corrected chi connectivity index (χ0v) is 23.6. The molecule has 0 bridgehead atoms. The van der Waals surface area contributed by atoms with Crippen LogP contribution in [0.25, 0.3) is 27.6 Å². The molecule has 1 atom stereocenters. The number of ether oxygens (including phenoxy) is 1. The molecular weight excluding hydrogens is 537 g/mol. The number of anilines is 1. The molecule has 0 aliphatic carbocycles. The Hall–Kier alpha value is -4.93. The minimum Gasteiger partial charge on any atom is -0.444 e. The summed E-state index contributed by atoms with van der Waals surface area (Å²) in [7, 11) is 0. The summed E-state index contributed by atoms with van der Waals surface area (Å²) in [4.78, 5) is 39.3. The summed E-state index contributed by atoms with van der Waals surface area (Å²) in [6, 6.07) is 16.8. The zero-order valence-electron chi connectivity index (χ0n) is 23.6. The van der Waals surface area contributed by atoms with Gasteiger partial charge in [-0.1, -0.05) is 29.5 Å². The average molecular weight is 568 g/mol. The van der Waals surface area contributed by atoms with Crippen LogP contribution < -0.4 is 4.90 Å². The van der Waals surface area contributed by atoms with Crippen molar-refractivity contribution in [3.8, 4) is 5.69 Å². The van der Waals surface area contributed by atoms with E-state index in [9.17, 15) is 9.59 Å². The number of piperidine rings is 1. The van der Waals surface area contributed by atoms with Gasteiger partial charge in [-0.2, -0.15) is 4.68 Å². The highest BCUT2D eigenvalue weighted by atomic mass is 19.1. The number of halogens is 1. The van der Waals surface area contributed by atoms with Gasteiger partial charge in [0.1, 0.15) is 22.8 Å². The van der Waals surface area contributed by atoms with E-state index in [2.05, 4.69) is 20.3 Å². The Labute approximate surface area is 241 Å². The number of likely N-dealkylation sites (tertiary alicyclic amines) is 1. The number of carbonyl (C=O) groups excluding carboxylic acids is 2. The second-order valence-corrected chi connectivity index (χ2v) is 11.3. The molecular formula is C31H30FN7O3. The number of amides is 2. The molecule has 5 aromatic rings. The Kier molecular flexibility index (Phi) is 7.01. The smallest absolute Gasteiger partial charge is 0.410 e. The third-order valence-electron chi connectivity index (χ3n) is 7.15. The molecule has 0 unspecified atom stereocenters. The molecule has 11 heteroatoms. The first-order valence-electron chi connectivity index (χ1n) is 13.8. The van der Waals surface area contributed by atoms with Gasteiger partial charge in [0.15, 0.2) is 5.65 Å². The topological polar surface area (TPSA) is 106 Å².